The van der Waals surface area contributed by atoms with Crippen LogP contribution in [0.2, 0.25) is 0 Å². The molecule has 1 saturated carbocycles. The molecule has 2 aliphatic rings. The van der Waals surface area contributed by atoms with Crippen molar-refractivity contribution in [2.75, 3.05) is 19.0 Å². The van der Waals surface area contributed by atoms with Crippen molar-refractivity contribution < 1.29 is 14.3 Å². The van der Waals surface area contributed by atoms with Crippen LogP contribution in [0.1, 0.15) is 32.1 Å². The summed E-state index contributed by atoms with van der Waals surface area (Å²) in [5.74, 6) is -0.0808. The van der Waals surface area contributed by atoms with E-state index in [1.807, 2.05) is 0 Å². The van der Waals surface area contributed by atoms with Gasteiger partial charge in [-0.25, -0.2) is 4.79 Å². The van der Waals surface area contributed by atoms with E-state index < -0.39 is 0 Å². The molecule has 1 N–H and O–H groups in total. The minimum atomic E-state index is -0.311. The average Bonchev–Trinajstić information content (AvgIpc) is 2.38. The lowest BCUT2D eigenvalue weighted by molar-refractivity contribution is -0.120. The molecule has 2 atom stereocenters. The number of fused-ring (bicyclic) bond motifs is 1. The maximum absolute atomic E-state index is 12.0. The Bertz CT molecular complexity index is 322. The molecule has 1 saturated heterocycles. The van der Waals surface area contributed by atoms with Crippen LogP contribution in [0.25, 0.3) is 0 Å². The second-order valence-electron chi connectivity index (χ2n) is 4.75. The van der Waals surface area contributed by atoms with Crippen molar-refractivity contribution >= 4 is 23.5 Å². The van der Waals surface area contributed by atoms with E-state index in [1.165, 1.54) is 0 Å². The summed E-state index contributed by atoms with van der Waals surface area (Å²) in [5, 5.41) is 2.39. The third-order valence-corrected chi connectivity index (χ3v) is 3.75. The van der Waals surface area contributed by atoms with Crippen molar-refractivity contribution in [3.63, 3.8) is 0 Å². The van der Waals surface area contributed by atoms with Gasteiger partial charge in [0.25, 0.3) is 0 Å². The molecule has 0 aromatic heterocycles. The fraction of sp³-hybridized carbons (Fsp3) is 0.833. The second-order valence-corrected chi connectivity index (χ2v) is 5.12. The number of nitrogens with zero attached hydrogens (tertiary/aromatic N) is 1. The fourth-order valence-electron chi connectivity index (χ4n) is 2.69. The zero-order valence-corrected chi connectivity index (χ0v) is 11.1. The smallest absolute Gasteiger partial charge is 0.324 e. The van der Waals surface area contributed by atoms with Crippen molar-refractivity contribution in [1.29, 1.82) is 0 Å². The number of nitrogens with one attached hydrogen (secondary N) is 1. The largest absolute Gasteiger partial charge is 0.374 e. The number of carbonyl (C=O) groups excluding carboxylic acids is 2. The van der Waals surface area contributed by atoms with Gasteiger partial charge in [0.2, 0.25) is 5.91 Å². The number of hydrogen-bond donors (Lipinski definition) is 1. The summed E-state index contributed by atoms with van der Waals surface area (Å²) in [6.45, 7) is 1.11. The lowest BCUT2D eigenvalue weighted by Gasteiger charge is -2.43. The molecule has 0 bridgehead atoms. The predicted molar refractivity (Wildman–Crippen MR) is 67.6 cm³/mol. The monoisotopic (exact) mass is 274 g/mol. The van der Waals surface area contributed by atoms with Gasteiger partial charge in [-0.2, -0.15) is 0 Å². The lowest BCUT2D eigenvalue weighted by Crippen LogP contribution is -2.58. The molecule has 1 aliphatic heterocycles. The number of ether oxygens (including phenoxy) is 1. The number of urea groups is 1. The average molecular weight is 275 g/mol. The molecular formula is C12H19ClN2O3. The van der Waals surface area contributed by atoms with Crippen molar-refractivity contribution in [3.8, 4) is 0 Å². The molecule has 2 fully saturated rings. The first-order chi connectivity index (χ1) is 8.72. The van der Waals surface area contributed by atoms with E-state index in [-0.39, 0.29) is 36.4 Å². The maximum Gasteiger partial charge on any atom is 0.324 e. The Morgan fingerprint density at radius 2 is 2.11 bits per heavy atom. The second kappa shape index (κ2) is 6.38. The standard InChI is InChI=1S/C12H19ClN2O3/c13-6-5-11(16)14-12(17)15-7-8-18-10-4-2-1-3-9(10)15/h9-10H,1-8H2,(H,14,16,17). The minimum Gasteiger partial charge on any atom is -0.374 e. The Labute approximate surface area is 112 Å². The van der Waals surface area contributed by atoms with E-state index in [0.29, 0.717) is 13.2 Å². The molecule has 6 heteroatoms. The van der Waals surface area contributed by atoms with Gasteiger partial charge in [-0.05, 0) is 12.8 Å². The summed E-state index contributed by atoms with van der Waals surface area (Å²) in [6.07, 6.45) is 4.55. The highest BCUT2D eigenvalue weighted by Gasteiger charge is 2.36. The van der Waals surface area contributed by atoms with E-state index in [1.54, 1.807) is 4.90 Å². The topological polar surface area (TPSA) is 58.6 Å². The molecule has 0 spiro atoms. The molecule has 5 nitrogen and oxygen atoms in total. The summed E-state index contributed by atoms with van der Waals surface area (Å²) < 4.78 is 5.69. The number of alkyl halides is 1. The highest BCUT2D eigenvalue weighted by Crippen LogP contribution is 2.28. The molecule has 0 aromatic carbocycles. The number of amides is 3. The Morgan fingerprint density at radius 3 is 2.89 bits per heavy atom. The molecule has 1 aliphatic carbocycles. The minimum absolute atomic E-state index is 0.122. The van der Waals surface area contributed by atoms with E-state index in [0.717, 1.165) is 25.7 Å². The first kappa shape index (κ1) is 13.6. The predicted octanol–water partition coefficient (Wildman–Crippen LogP) is 1.49. The van der Waals surface area contributed by atoms with Gasteiger partial charge in [-0.1, -0.05) is 12.8 Å². The Hall–Kier alpha value is -0.810. The number of hydrogen-bond acceptors (Lipinski definition) is 3. The van der Waals surface area contributed by atoms with Crippen LogP contribution in [0, 0.1) is 0 Å². The SMILES string of the molecule is O=C(CCCl)NC(=O)N1CCOC2CCCCC21. The first-order valence-corrected chi connectivity index (χ1v) is 7.04. The highest BCUT2D eigenvalue weighted by atomic mass is 35.5. The zero-order chi connectivity index (χ0) is 13.0. The van der Waals surface area contributed by atoms with Crippen LogP contribution < -0.4 is 5.32 Å². The van der Waals surface area contributed by atoms with Gasteiger partial charge >= 0.3 is 6.03 Å². The number of rotatable bonds is 2. The Kier molecular flexibility index (Phi) is 4.83. The van der Waals surface area contributed by atoms with Crippen LogP contribution in [0.4, 0.5) is 4.79 Å². The van der Waals surface area contributed by atoms with Crippen molar-refractivity contribution in [1.82, 2.24) is 10.2 Å². The number of halogens is 1. The Morgan fingerprint density at radius 1 is 1.33 bits per heavy atom. The van der Waals surface area contributed by atoms with Gasteiger partial charge in [-0.15, -0.1) is 11.6 Å². The molecule has 0 aromatic rings. The van der Waals surface area contributed by atoms with E-state index in [2.05, 4.69) is 5.32 Å². The fourth-order valence-corrected chi connectivity index (χ4v) is 2.86. The van der Waals surface area contributed by atoms with Gasteiger partial charge in [0.1, 0.15) is 0 Å². The van der Waals surface area contributed by atoms with Crippen LogP contribution in [0.3, 0.4) is 0 Å². The zero-order valence-electron chi connectivity index (χ0n) is 10.4. The van der Waals surface area contributed by atoms with Crippen LogP contribution >= 0.6 is 11.6 Å². The Balaban J connectivity index is 1.93. The molecule has 1 heterocycles. The van der Waals surface area contributed by atoms with Gasteiger partial charge in [-0.3, -0.25) is 10.1 Å². The molecule has 2 rings (SSSR count). The summed E-state index contributed by atoms with van der Waals surface area (Å²) in [7, 11) is 0. The van der Waals surface area contributed by atoms with Gasteiger partial charge in [0, 0.05) is 18.8 Å². The van der Waals surface area contributed by atoms with E-state index in [4.69, 9.17) is 16.3 Å². The summed E-state index contributed by atoms with van der Waals surface area (Å²) in [5.41, 5.74) is 0. The van der Waals surface area contributed by atoms with Crippen molar-refractivity contribution in [2.45, 2.75) is 44.2 Å². The quantitative estimate of drug-likeness (QED) is 0.776. The van der Waals surface area contributed by atoms with E-state index in [9.17, 15) is 9.59 Å². The van der Waals surface area contributed by atoms with Crippen molar-refractivity contribution in [3.05, 3.63) is 0 Å². The van der Waals surface area contributed by atoms with E-state index >= 15 is 0 Å². The van der Waals surface area contributed by atoms with Gasteiger partial charge in [0.15, 0.2) is 0 Å². The van der Waals surface area contributed by atoms with Crippen LogP contribution in [-0.4, -0.2) is 48.0 Å². The summed E-state index contributed by atoms with van der Waals surface area (Å²) in [6, 6.07) is -0.179. The third kappa shape index (κ3) is 3.14. The number of carbonyl (C=O) groups is 2. The van der Waals surface area contributed by atoms with Crippen molar-refractivity contribution in [2.24, 2.45) is 0 Å². The van der Waals surface area contributed by atoms with Gasteiger partial charge in [0.05, 0.1) is 18.8 Å². The van der Waals surface area contributed by atoms with Gasteiger partial charge < -0.3 is 9.64 Å². The third-order valence-electron chi connectivity index (χ3n) is 3.56. The van der Waals surface area contributed by atoms with Crippen LogP contribution in [-0.2, 0) is 9.53 Å². The molecule has 3 amide bonds. The molecule has 2 unspecified atom stereocenters. The maximum atomic E-state index is 12.0. The summed E-state index contributed by atoms with van der Waals surface area (Å²) >= 11 is 5.47. The number of imide groups is 1. The van der Waals surface area contributed by atoms with Crippen LogP contribution in [0.15, 0.2) is 0 Å². The number of morpholine rings is 1. The summed E-state index contributed by atoms with van der Waals surface area (Å²) in [4.78, 5) is 25.2. The van der Waals surface area contributed by atoms with Crippen LogP contribution in [0.5, 0.6) is 0 Å². The molecular weight excluding hydrogens is 256 g/mol. The molecule has 18 heavy (non-hydrogen) atoms. The molecule has 102 valence electrons. The first-order valence-electron chi connectivity index (χ1n) is 6.50. The normalized spacial score (nSPS) is 27.5. The highest BCUT2D eigenvalue weighted by molar-refractivity contribution is 6.19. The lowest BCUT2D eigenvalue weighted by atomic mass is 9.90. The molecule has 0 radical (unpaired) electrons.